The third kappa shape index (κ3) is 3.39. The molecule has 2 aromatic rings. The second-order valence-electron chi connectivity index (χ2n) is 5.72. The Bertz CT molecular complexity index is 810. The molecule has 7 nitrogen and oxygen atoms in total. The number of rotatable bonds is 5. The Morgan fingerprint density at radius 1 is 1.35 bits per heavy atom. The largest absolute Gasteiger partial charge is 0.451 e. The highest BCUT2D eigenvalue weighted by Crippen LogP contribution is 2.32. The lowest BCUT2D eigenvalue weighted by Gasteiger charge is -2.12. The number of ether oxygens (including phenoxy) is 1. The number of H-pyrrole nitrogens is 1. The summed E-state index contributed by atoms with van der Waals surface area (Å²) < 4.78 is 5.00. The lowest BCUT2D eigenvalue weighted by atomic mass is 10.1. The lowest BCUT2D eigenvalue weighted by Crippen LogP contribution is -2.37. The van der Waals surface area contributed by atoms with E-state index in [0.29, 0.717) is 16.7 Å². The minimum Gasteiger partial charge on any atom is -0.451 e. The molecule has 1 aliphatic rings. The molecule has 0 unspecified atom stereocenters. The molecule has 1 aromatic heterocycles. The molecule has 1 saturated carbocycles. The van der Waals surface area contributed by atoms with E-state index in [2.05, 4.69) is 15.5 Å². The van der Waals surface area contributed by atoms with Gasteiger partial charge in [0.1, 0.15) is 0 Å². The van der Waals surface area contributed by atoms with E-state index < -0.39 is 5.97 Å². The van der Waals surface area contributed by atoms with Crippen LogP contribution in [0.1, 0.15) is 30.3 Å². The maximum Gasteiger partial charge on any atom is 0.359 e. The minimum absolute atomic E-state index is 0.0109. The first-order chi connectivity index (χ1) is 11.1. The molecule has 3 rings (SSSR count). The smallest absolute Gasteiger partial charge is 0.359 e. The zero-order valence-electron chi connectivity index (χ0n) is 12.7. The van der Waals surface area contributed by atoms with Crippen molar-refractivity contribution in [2.75, 3.05) is 6.61 Å². The van der Waals surface area contributed by atoms with Crippen molar-refractivity contribution >= 4 is 22.6 Å². The van der Waals surface area contributed by atoms with E-state index >= 15 is 0 Å². The molecular formula is C16H17N3O4. The molecule has 1 fully saturated rings. The lowest BCUT2D eigenvalue weighted by molar-refractivity contribution is -0.125. The molecule has 120 valence electrons. The van der Waals surface area contributed by atoms with Gasteiger partial charge in [0, 0.05) is 11.4 Å². The topological polar surface area (TPSA) is 101 Å². The first-order valence-corrected chi connectivity index (χ1v) is 7.50. The van der Waals surface area contributed by atoms with E-state index in [1.54, 1.807) is 24.3 Å². The molecule has 0 spiro atoms. The molecular weight excluding hydrogens is 298 g/mol. The molecule has 1 amide bonds. The van der Waals surface area contributed by atoms with E-state index in [1.165, 1.54) is 0 Å². The zero-order valence-corrected chi connectivity index (χ0v) is 12.7. The van der Waals surface area contributed by atoms with Crippen molar-refractivity contribution < 1.29 is 14.3 Å². The van der Waals surface area contributed by atoms with E-state index in [-0.39, 0.29) is 29.8 Å². The third-order valence-electron chi connectivity index (χ3n) is 3.94. The summed E-state index contributed by atoms with van der Waals surface area (Å²) in [5.41, 5.74) is -0.392. The number of amides is 1. The van der Waals surface area contributed by atoms with Crippen LogP contribution in [0.5, 0.6) is 0 Å². The van der Waals surface area contributed by atoms with E-state index in [4.69, 9.17) is 4.74 Å². The number of aromatic nitrogens is 2. The Morgan fingerprint density at radius 3 is 2.74 bits per heavy atom. The van der Waals surface area contributed by atoms with Gasteiger partial charge in [0.15, 0.2) is 12.3 Å². The summed E-state index contributed by atoms with van der Waals surface area (Å²) >= 11 is 0. The number of carbonyl (C=O) groups is 2. The predicted molar refractivity (Wildman–Crippen MR) is 83.0 cm³/mol. The van der Waals surface area contributed by atoms with Gasteiger partial charge in [-0.2, -0.15) is 5.10 Å². The van der Waals surface area contributed by atoms with Gasteiger partial charge in [0.2, 0.25) is 0 Å². The van der Waals surface area contributed by atoms with Gasteiger partial charge < -0.3 is 10.1 Å². The SMILES string of the molecule is C[C@@H](NC(=O)COC(=O)c1n[nH]c(=O)c2ccccc12)C1CC1. The van der Waals surface area contributed by atoms with E-state index in [1.807, 2.05) is 6.92 Å². The van der Waals surface area contributed by atoms with Crippen molar-refractivity contribution in [3.63, 3.8) is 0 Å². The fourth-order valence-corrected chi connectivity index (χ4v) is 2.48. The molecule has 0 bridgehead atoms. The van der Waals surface area contributed by atoms with Crippen LogP contribution in [0.25, 0.3) is 10.8 Å². The maximum absolute atomic E-state index is 12.1. The highest BCUT2D eigenvalue weighted by atomic mass is 16.5. The van der Waals surface area contributed by atoms with Gasteiger partial charge in [-0.1, -0.05) is 18.2 Å². The zero-order chi connectivity index (χ0) is 16.4. The summed E-state index contributed by atoms with van der Waals surface area (Å²) in [6.07, 6.45) is 2.24. The van der Waals surface area contributed by atoms with Crippen molar-refractivity contribution in [3.8, 4) is 0 Å². The van der Waals surface area contributed by atoms with Crippen LogP contribution in [0.3, 0.4) is 0 Å². The van der Waals surface area contributed by atoms with Crippen LogP contribution in [-0.2, 0) is 9.53 Å². The Kier molecular flexibility index (Phi) is 4.10. The number of carbonyl (C=O) groups excluding carboxylic acids is 2. The summed E-state index contributed by atoms with van der Waals surface area (Å²) in [6.45, 7) is 1.57. The molecule has 0 radical (unpaired) electrons. The summed E-state index contributed by atoms with van der Waals surface area (Å²) in [4.78, 5) is 35.6. The van der Waals surface area contributed by atoms with Gasteiger partial charge in [-0.3, -0.25) is 9.59 Å². The summed E-state index contributed by atoms with van der Waals surface area (Å²) in [5.74, 6) is -0.558. The number of hydrogen-bond acceptors (Lipinski definition) is 5. The van der Waals surface area contributed by atoms with Gasteiger partial charge in [-0.05, 0) is 31.7 Å². The van der Waals surface area contributed by atoms with Gasteiger partial charge in [-0.15, -0.1) is 0 Å². The highest BCUT2D eigenvalue weighted by Gasteiger charge is 2.29. The van der Waals surface area contributed by atoms with Crippen LogP contribution in [0.2, 0.25) is 0 Å². The van der Waals surface area contributed by atoms with Gasteiger partial charge >= 0.3 is 5.97 Å². The monoisotopic (exact) mass is 315 g/mol. The number of esters is 1. The first kappa shape index (κ1) is 15.2. The van der Waals surface area contributed by atoms with Crippen molar-refractivity contribution in [1.82, 2.24) is 15.5 Å². The molecule has 1 atom stereocenters. The molecule has 7 heteroatoms. The number of aromatic amines is 1. The van der Waals surface area contributed by atoms with Crippen LogP contribution in [-0.4, -0.2) is 34.7 Å². The van der Waals surface area contributed by atoms with Crippen LogP contribution >= 0.6 is 0 Å². The van der Waals surface area contributed by atoms with Crippen molar-refractivity contribution in [3.05, 3.63) is 40.3 Å². The fourth-order valence-electron chi connectivity index (χ4n) is 2.48. The molecule has 23 heavy (non-hydrogen) atoms. The molecule has 2 N–H and O–H groups in total. The highest BCUT2D eigenvalue weighted by molar-refractivity contribution is 6.02. The number of fused-ring (bicyclic) bond motifs is 1. The summed E-state index contributed by atoms with van der Waals surface area (Å²) in [5, 5.41) is 9.54. The number of nitrogens with one attached hydrogen (secondary N) is 2. The third-order valence-corrected chi connectivity index (χ3v) is 3.94. The van der Waals surface area contributed by atoms with Crippen molar-refractivity contribution in [1.29, 1.82) is 0 Å². The minimum atomic E-state index is -0.744. The molecule has 0 saturated heterocycles. The van der Waals surface area contributed by atoms with Gasteiger partial charge in [0.05, 0.1) is 5.39 Å². The van der Waals surface area contributed by atoms with Crippen molar-refractivity contribution in [2.45, 2.75) is 25.8 Å². The Hall–Kier alpha value is -2.70. The molecule has 1 aliphatic carbocycles. The van der Waals surface area contributed by atoms with Crippen LogP contribution in [0, 0.1) is 5.92 Å². The average molecular weight is 315 g/mol. The van der Waals surface area contributed by atoms with Gasteiger partial charge in [0.25, 0.3) is 11.5 Å². The molecule has 0 aliphatic heterocycles. The first-order valence-electron chi connectivity index (χ1n) is 7.50. The standard InChI is InChI=1S/C16H17N3O4/c1-9(10-6-7-10)17-13(20)8-23-16(22)14-11-4-2-3-5-12(11)15(21)19-18-14/h2-5,9-10H,6-8H2,1H3,(H,17,20)(H,19,21)/t9-/m1/s1. The number of hydrogen-bond donors (Lipinski definition) is 2. The van der Waals surface area contributed by atoms with Gasteiger partial charge in [-0.25, -0.2) is 9.89 Å². The quantitative estimate of drug-likeness (QED) is 0.801. The summed E-state index contributed by atoms with van der Waals surface area (Å²) in [7, 11) is 0. The predicted octanol–water partition coefficient (Wildman–Crippen LogP) is 0.995. The summed E-state index contributed by atoms with van der Waals surface area (Å²) in [6, 6.07) is 6.69. The van der Waals surface area contributed by atoms with Crippen LogP contribution in [0.4, 0.5) is 0 Å². The second kappa shape index (κ2) is 6.20. The van der Waals surface area contributed by atoms with E-state index in [9.17, 15) is 14.4 Å². The maximum atomic E-state index is 12.1. The Morgan fingerprint density at radius 2 is 2.04 bits per heavy atom. The Balaban J connectivity index is 1.67. The molecule has 1 heterocycles. The Labute approximate surface area is 132 Å². The van der Waals surface area contributed by atoms with Crippen LogP contribution in [0.15, 0.2) is 29.1 Å². The fraction of sp³-hybridized carbons (Fsp3) is 0.375. The van der Waals surface area contributed by atoms with E-state index in [0.717, 1.165) is 12.8 Å². The number of nitrogens with zero attached hydrogens (tertiary/aromatic N) is 1. The van der Waals surface area contributed by atoms with Crippen molar-refractivity contribution in [2.24, 2.45) is 5.92 Å². The second-order valence-corrected chi connectivity index (χ2v) is 5.72. The van der Waals surface area contributed by atoms with Crippen LogP contribution < -0.4 is 10.9 Å². The average Bonchev–Trinajstić information content (AvgIpc) is 3.38. The number of benzene rings is 1. The normalized spacial score (nSPS) is 15.2. The molecule has 1 aromatic carbocycles.